The number of ether oxygens (including phenoxy) is 5. The highest BCUT2D eigenvalue weighted by Gasteiger charge is 2.12. The van der Waals surface area contributed by atoms with E-state index in [-0.39, 0.29) is 12.4 Å². The van der Waals surface area contributed by atoms with Crippen molar-refractivity contribution in [3.8, 4) is 40.3 Å². The zero-order chi connectivity index (χ0) is 22.9. The van der Waals surface area contributed by atoms with Gasteiger partial charge in [0.25, 0.3) is 0 Å². The Morgan fingerprint density at radius 3 is 2.50 bits per heavy atom. The monoisotopic (exact) mass is 440 g/mol. The molecule has 0 radical (unpaired) electrons. The molecule has 168 valence electrons. The van der Waals surface area contributed by atoms with Crippen LogP contribution < -0.4 is 18.9 Å². The standard InChI is InChI=1S/C23H24N2O7/c1-28-7-8-31-18-9-15(11-21(26)27)10-19(13-18)32-17-6-4-5-16(12-17)20-14-24-23(30-3)25-22(20)29-2/h4-6,9-10,12-14H,7-8,11H2,1-3H3,(H,26,27). The van der Waals surface area contributed by atoms with Crippen molar-refractivity contribution in [2.24, 2.45) is 0 Å². The van der Waals surface area contributed by atoms with E-state index in [1.54, 1.807) is 37.6 Å². The van der Waals surface area contributed by atoms with E-state index < -0.39 is 5.97 Å². The maximum atomic E-state index is 11.2. The van der Waals surface area contributed by atoms with Crippen LogP contribution >= 0.6 is 0 Å². The van der Waals surface area contributed by atoms with Gasteiger partial charge in [-0.25, -0.2) is 4.98 Å². The lowest BCUT2D eigenvalue weighted by molar-refractivity contribution is -0.136. The molecule has 0 unspecified atom stereocenters. The molecule has 3 rings (SSSR count). The Labute approximate surface area is 185 Å². The van der Waals surface area contributed by atoms with Crippen LogP contribution in [0.2, 0.25) is 0 Å². The van der Waals surface area contributed by atoms with Crippen molar-refractivity contribution in [1.82, 2.24) is 9.97 Å². The van der Waals surface area contributed by atoms with E-state index in [2.05, 4.69) is 9.97 Å². The third-order valence-corrected chi connectivity index (χ3v) is 4.34. The van der Waals surface area contributed by atoms with Gasteiger partial charge >= 0.3 is 12.0 Å². The second kappa shape index (κ2) is 11.0. The molecule has 0 aliphatic heterocycles. The van der Waals surface area contributed by atoms with Crippen molar-refractivity contribution in [1.29, 1.82) is 0 Å². The summed E-state index contributed by atoms with van der Waals surface area (Å²) in [6.07, 6.45) is 1.46. The highest BCUT2D eigenvalue weighted by molar-refractivity contribution is 5.71. The van der Waals surface area contributed by atoms with Gasteiger partial charge in [0.2, 0.25) is 5.88 Å². The van der Waals surface area contributed by atoms with Gasteiger partial charge in [-0.1, -0.05) is 12.1 Å². The smallest absolute Gasteiger partial charge is 0.319 e. The van der Waals surface area contributed by atoms with E-state index in [4.69, 9.17) is 28.8 Å². The minimum absolute atomic E-state index is 0.155. The molecule has 0 atom stereocenters. The lowest BCUT2D eigenvalue weighted by Gasteiger charge is -2.13. The fourth-order valence-corrected chi connectivity index (χ4v) is 2.96. The van der Waals surface area contributed by atoms with Crippen LogP contribution in [0.5, 0.6) is 29.1 Å². The molecule has 9 heteroatoms. The number of aliphatic carboxylic acids is 1. The molecule has 0 bridgehead atoms. The van der Waals surface area contributed by atoms with Gasteiger partial charge in [-0.15, -0.1) is 0 Å². The lowest BCUT2D eigenvalue weighted by atomic mass is 10.1. The molecule has 9 nitrogen and oxygen atoms in total. The maximum Gasteiger partial charge on any atom is 0.319 e. The van der Waals surface area contributed by atoms with Crippen molar-refractivity contribution in [2.45, 2.75) is 6.42 Å². The fourth-order valence-electron chi connectivity index (χ4n) is 2.96. The Morgan fingerprint density at radius 2 is 1.78 bits per heavy atom. The molecule has 0 saturated carbocycles. The van der Waals surface area contributed by atoms with E-state index in [1.807, 2.05) is 18.2 Å². The molecule has 0 amide bonds. The van der Waals surface area contributed by atoms with Crippen LogP contribution in [0.1, 0.15) is 5.56 Å². The SMILES string of the molecule is COCCOc1cc(CC(=O)O)cc(Oc2cccc(-c3cnc(OC)nc3OC)c2)c1. The first-order valence-electron chi connectivity index (χ1n) is 9.73. The van der Waals surface area contributed by atoms with Gasteiger partial charge in [0, 0.05) is 19.4 Å². The Kier molecular flexibility index (Phi) is 7.82. The summed E-state index contributed by atoms with van der Waals surface area (Å²) in [5.74, 6) is 0.906. The van der Waals surface area contributed by atoms with E-state index >= 15 is 0 Å². The normalized spacial score (nSPS) is 10.5. The number of hydrogen-bond acceptors (Lipinski definition) is 8. The maximum absolute atomic E-state index is 11.2. The Bertz CT molecular complexity index is 1070. The summed E-state index contributed by atoms with van der Waals surface area (Å²) in [6.45, 7) is 0.742. The minimum Gasteiger partial charge on any atom is -0.491 e. The van der Waals surface area contributed by atoms with Gasteiger partial charge in [-0.3, -0.25) is 4.79 Å². The summed E-state index contributed by atoms with van der Waals surface area (Å²) in [5.41, 5.74) is 2.01. The van der Waals surface area contributed by atoms with Crippen LogP contribution in [0.25, 0.3) is 11.1 Å². The molecular weight excluding hydrogens is 416 g/mol. The summed E-state index contributed by atoms with van der Waals surface area (Å²) < 4.78 is 27.1. The Morgan fingerprint density at radius 1 is 0.969 bits per heavy atom. The quantitative estimate of drug-likeness (QED) is 0.447. The van der Waals surface area contributed by atoms with Gasteiger partial charge in [0.15, 0.2) is 0 Å². The zero-order valence-electron chi connectivity index (χ0n) is 18.0. The van der Waals surface area contributed by atoms with Gasteiger partial charge in [-0.05, 0) is 35.4 Å². The molecule has 2 aromatic carbocycles. The topological polar surface area (TPSA) is 109 Å². The predicted molar refractivity (Wildman–Crippen MR) is 116 cm³/mol. The number of carbonyl (C=O) groups is 1. The van der Waals surface area contributed by atoms with E-state index in [0.29, 0.717) is 47.5 Å². The number of carboxylic acid groups (broad SMARTS) is 1. The predicted octanol–water partition coefficient (Wildman–Crippen LogP) is 3.61. The third kappa shape index (κ3) is 6.08. The lowest BCUT2D eigenvalue weighted by Crippen LogP contribution is -2.06. The third-order valence-electron chi connectivity index (χ3n) is 4.34. The summed E-state index contributed by atoms with van der Waals surface area (Å²) in [4.78, 5) is 19.5. The Hall–Kier alpha value is -3.85. The summed E-state index contributed by atoms with van der Waals surface area (Å²) in [6, 6.07) is 12.5. The number of benzene rings is 2. The second-order valence-electron chi connectivity index (χ2n) is 6.63. The average Bonchev–Trinajstić information content (AvgIpc) is 2.78. The number of nitrogens with zero attached hydrogens (tertiary/aromatic N) is 2. The number of methoxy groups -OCH3 is 3. The molecule has 0 fully saturated rings. The summed E-state index contributed by atoms with van der Waals surface area (Å²) in [7, 11) is 4.58. The van der Waals surface area contributed by atoms with Crippen LogP contribution in [-0.2, 0) is 16.0 Å². The van der Waals surface area contributed by atoms with Crippen molar-refractivity contribution >= 4 is 5.97 Å². The first kappa shape index (κ1) is 22.8. The fraction of sp³-hybridized carbons (Fsp3) is 0.261. The minimum atomic E-state index is -0.946. The van der Waals surface area contributed by atoms with Crippen molar-refractivity contribution < 1.29 is 33.6 Å². The molecule has 1 aromatic heterocycles. The van der Waals surface area contributed by atoms with Crippen LogP contribution in [0.4, 0.5) is 0 Å². The number of aromatic nitrogens is 2. The van der Waals surface area contributed by atoms with Crippen molar-refractivity contribution in [2.75, 3.05) is 34.5 Å². The van der Waals surface area contributed by atoms with E-state index in [0.717, 1.165) is 5.56 Å². The largest absolute Gasteiger partial charge is 0.491 e. The molecule has 1 heterocycles. The first-order chi connectivity index (χ1) is 15.5. The molecule has 0 aliphatic carbocycles. The second-order valence-corrected chi connectivity index (χ2v) is 6.63. The molecule has 0 spiro atoms. The molecule has 3 aromatic rings. The van der Waals surface area contributed by atoms with Gasteiger partial charge in [-0.2, -0.15) is 4.98 Å². The van der Waals surface area contributed by atoms with Crippen LogP contribution in [-0.4, -0.2) is 55.6 Å². The summed E-state index contributed by atoms with van der Waals surface area (Å²) >= 11 is 0. The highest BCUT2D eigenvalue weighted by Crippen LogP contribution is 2.33. The van der Waals surface area contributed by atoms with Crippen LogP contribution in [0, 0.1) is 0 Å². The van der Waals surface area contributed by atoms with Crippen molar-refractivity contribution in [3.63, 3.8) is 0 Å². The number of rotatable bonds is 11. The molecule has 0 saturated heterocycles. The van der Waals surface area contributed by atoms with Gasteiger partial charge in [0.05, 0.1) is 32.8 Å². The van der Waals surface area contributed by atoms with Crippen LogP contribution in [0.15, 0.2) is 48.7 Å². The molecule has 0 aliphatic rings. The first-order valence-corrected chi connectivity index (χ1v) is 9.73. The van der Waals surface area contributed by atoms with Crippen LogP contribution in [0.3, 0.4) is 0 Å². The average molecular weight is 440 g/mol. The Balaban J connectivity index is 1.88. The molecular formula is C23H24N2O7. The number of hydrogen-bond donors (Lipinski definition) is 1. The van der Waals surface area contributed by atoms with E-state index in [1.165, 1.54) is 14.2 Å². The molecule has 32 heavy (non-hydrogen) atoms. The van der Waals surface area contributed by atoms with Crippen molar-refractivity contribution in [3.05, 3.63) is 54.2 Å². The number of carboxylic acids is 1. The highest BCUT2D eigenvalue weighted by atomic mass is 16.5. The van der Waals surface area contributed by atoms with E-state index in [9.17, 15) is 4.79 Å². The van der Waals surface area contributed by atoms with Gasteiger partial charge < -0.3 is 28.8 Å². The zero-order valence-corrected chi connectivity index (χ0v) is 18.0. The molecule has 1 N–H and O–H groups in total. The van der Waals surface area contributed by atoms with Gasteiger partial charge in [0.1, 0.15) is 23.9 Å². The summed E-state index contributed by atoms with van der Waals surface area (Å²) in [5, 5.41) is 9.17.